The Balaban J connectivity index is 1.69. The van der Waals surface area contributed by atoms with Crippen molar-refractivity contribution in [2.45, 2.75) is 33.1 Å². The van der Waals surface area contributed by atoms with Gasteiger partial charge in [-0.2, -0.15) is 0 Å². The van der Waals surface area contributed by atoms with Crippen LogP contribution >= 0.6 is 11.3 Å². The summed E-state index contributed by atoms with van der Waals surface area (Å²) in [5.74, 6) is 1.79. The molecule has 1 saturated heterocycles. The van der Waals surface area contributed by atoms with Crippen LogP contribution in [0, 0.1) is 5.92 Å². The van der Waals surface area contributed by atoms with Crippen LogP contribution in [0.2, 0.25) is 0 Å². The molecule has 4 nitrogen and oxygen atoms in total. The zero-order valence-electron chi connectivity index (χ0n) is 14.0. The van der Waals surface area contributed by atoms with E-state index < -0.39 is 0 Å². The summed E-state index contributed by atoms with van der Waals surface area (Å²) in [4.78, 5) is 8.68. The third-order valence-electron chi connectivity index (χ3n) is 4.02. The van der Waals surface area contributed by atoms with Crippen LogP contribution in [0.4, 0.5) is 0 Å². The fourth-order valence-corrected chi connectivity index (χ4v) is 3.60. The maximum Gasteiger partial charge on any atom is 0.191 e. The average molecular weight is 323 g/mol. The number of likely N-dealkylation sites (tertiary alicyclic amines) is 1. The first-order valence-electron chi connectivity index (χ1n) is 8.55. The van der Waals surface area contributed by atoms with E-state index in [0.717, 1.165) is 44.5 Å². The molecule has 0 spiro atoms. The van der Waals surface area contributed by atoms with Crippen molar-refractivity contribution in [3.05, 3.63) is 22.4 Å². The zero-order valence-corrected chi connectivity index (χ0v) is 14.8. The van der Waals surface area contributed by atoms with Crippen LogP contribution in [0.1, 0.15) is 31.6 Å². The quantitative estimate of drug-likeness (QED) is 0.599. The molecule has 0 radical (unpaired) electrons. The van der Waals surface area contributed by atoms with Crippen molar-refractivity contribution in [1.82, 2.24) is 15.5 Å². The summed E-state index contributed by atoms with van der Waals surface area (Å²) in [7, 11) is 0. The second-order valence-electron chi connectivity index (χ2n) is 6.06. The summed E-state index contributed by atoms with van der Waals surface area (Å²) in [5, 5.41) is 8.90. The Hall–Kier alpha value is -1.07. The summed E-state index contributed by atoms with van der Waals surface area (Å²) < 4.78 is 0. The molecule has 2 rings (SSSR count). The molecule has 0 aliphatic carbocycles. The molecule has 5 heteroatoms. The lowest BCUT2D eigenvalue weighted by Crippen LogP contribution is -2.40. The molecule has 1 aromatic heterocycles. The summed E-state index contributed by atoms with van der Waals surface area (Å²) in [5.41, 5.74) is 0. The van der Waals surface area contributed by atoms with Crippen molar-refractivity contribution < 1.29 is 0 Å². The lowest BCUT2D eigenvalue weighted by Gasteiger charge is -2.30. The van der Waals surface area contributed by atoms with Gasteiger partial charge in [0.2, 0.25) is 0 Å². The number of hydrogen-bond donors (Lipinski definition) is 2. The Morgan fingerprint density at radius 1 is 1.45 bits per heavy atom. The van der Waals surface area contributed by atoms with Crippen LogP contribution in [-0.2, 0) is 6.42 Å². The van der Waals surface area contributed by atoms with Gasteiger partial charge >= 0.3 is 0 Å². The zero-order chi connectivity index (χ0) is 15.6. The van der Waals surface area contributed by atoms with E-state index in [1.165, 1.54) is 30.8 Å². The molecule has 1 fully saturated rings. The molecule has 2 heterocycles. The van der Waals surface area contributed by atoms with Crippen LogP contribution in [0.25, 0.3) is 0 Å². The van der Waals surface area contributed by atoms with E-state index in [-0.39, 0.29) is 0 Å². The monoisotopic (exact) mass is 322 g/mol. The Morgan fingerprint density at radius 2 is 2.36 bits per heavy atom. The predicted octanol–water partition coefficient (Wildman–Crippen LogP) is 2.58. The second-order valence-corrected chi connectivity index (χ2v) is 7.10. The number of guanidine groups is 1. The van der Waals surface area contributed by atoms with Crippen molar-refractivity contribution >= 4 is 17.3 Å². The fraction of sp³-hybridized carbons (Fsp3) is 0.706. The summed E-state index contributed by atoms with van der Waals surface area (Å²) in [6, 6.07) is 4.30. The summed E-state index contributed by atoms with van der Waals surface area (Å²) >= 11 is 1.82. The summed E-state index contributed by atoms with van der Waals surface area (Å²) in [6.45, 7) is 10.7. The highest BCUT2D eigenvalue weighted by Crippen LogP contribution is 2.14. The van der Waals surface area contributed by atoms with Crippen LogP contribution in [0.3, 0.4) is 0 Å². The molecule has 22 heavy (non-hydrogen) atoms. The molecule has 124 valence electrons. The minimum absolute atomic E-state index is 0.842. The van der Waals surface area contributed by atoms with Gasteiger partial charge in [-0.25, -0.2) is 0 Å². The van der Waals surface area contributed by atoms with E-state index in [1.54, 1.807) is 0 Å². The molecule has 1 atom stereocenters. The predicted molar refractivity (Wildman–Crippen MR) is 96.8 cm³/mol. The first-order valence-corrected chi connectivity index (χ1v) is 9.42. The van der Waals surface area contributed by atoms with Gasteiger partial charge in [-0.15, -0.1) is 11.3 Å². The Bertz CT molecular complexity index is 430. The third-order valence-corrected chi connectivity index (χ3v) is 4.95. The highest BCUT2D eigenvalue weighted by Gasteiger charge is 2.15. The van der Waals surface area contributed by atoms with E-state index in [1.807, 2.05) is 11.3 Å². The Kier molecular flexibility index (Phi) is 7.74. The van der Waals surface area contributed by atoms with Gasteiger partial charge in [-0.3, -0.25) is 4.99 Å². The van der Waals surface area contributed by atoms with Crippen LogP contribution in [0.5, 0.6) is 0 Å². The van der Waals surface area contributed by atoms with Gasteiger partial charge in [-0.1, -0.05) is 13.0 Å². The van der Waals surface area contributed by atoms with Crippen LogP contribution in [-0.4, -0.2) is 50.1 Å². The van der Waals surface area contributed by atoms with Gasteiger partial charge in [0.05, 0.1) is 6.54 Å². The maximum atomic E-state index is 4.71. The van der Waals surface area contributed by atoms with Crippen LogP contribution in [0.15, 0.2) is 22.5 Å². The number of nitrogens with zero attached hydrogens (tertiary/aromatic N) is 2. The molecular weight excluding hydrogens is 292 g/mol. The molecular formula is C17H30N4S. The fourth-order valence-electron chi connectivity index (χ4n) is 2.89. The maximum absolute atomic E-state index is 4.71. The normalized spacial score (nSPS) is 20.1. The van der Waals surface area contributed by atoms with Crippen LogP contribution < -0.4 is 10.6 Å². The van der Waals surface area contributed by atoms with Crippen molar-refractivity contribution in [2.24, 2.45) is 10.9 Å². The molecule has 1 aromatic rings. The highest BCUT2D eigenvalue weighted by atomic mass is 32.1. The smallest absolute Gasteiger partial charge is 0.191 e. The van der Waals surface area contributed by atoms with Crippen molar-refractivity contribution in [3.8, 4) is 0 Å². The first kappa shape index (κ1) is 17.3. The van der Waals surface area contributed by atoms with Gasteiger partial charge in [0.15, 0.2) is 5.96 Å². The first-order chi connectivity index (χ1) is 10.8. The number of hydrogen-bond acceptors (Lipinski definition) is 3. The number of rotatable bonds is 7. The minimum atomic E-state index is 0.842. The molecule has 0 saturated carbocycles. The van der Waals surface area contributed by atoms with Gasteiger partial charge < -0.3 is 15.5 Å². The largest absolute Gasteiger partial charge is 0.357 e. The molecule has 1 aliphatic rings. The van der Waals surface area contributed by atoms with Crippen molar-refractivity contribution in [3.63, 3.8) is 0 Å². The molecule has 1 aliphatic heterocycles. The van der Waals surface area contributed by atoms with E-state index in [4.69, 9.17) is 4.99 Å². The van der Waals surface area contributed by atoms with E-state index in [9.17, 15) is 0 Å². The van der Waals surface area contributed by atoms with Gasteiger partial charge in [0.1, 0.15) is 0 Å². The van der Waals surface area contributed by atoms with Gasteiger partial charge in [-0.05, 0) is 50.1 Å². The van der Waals surface area contributed by atoms with Crippen molar-refractivity contribution in [2.75, 3.05) is 39.3 Å². The molecule has 0 aromatic carbocycles. The SMILES string of the molecule is CCNC(=NCCN1CCCC(C)C1)NCCc1cccs1. The molecule has 1 unspecified atom stereocenters. The lowest BCUT2D eigenvalue weighted by atomic mass is 10.0. The highest BCUT2D eigenvalue weighted by molar-refractivity contribution is 7.09. The minimum Gasteiger partial charge on any atom is -0.357 e. The number of thiophene rings is 1. The van der Waals surface area contributed by atoms with E-state index in [2.05, 4.69) is 46.9 Å². The topological polar surface area (TPSA) is 39.7 Å². The second kappa shape index (κ2) is 9.85. The summed E-state index contributed by atoms with van der Waals surface area (Å²) in [6.07, 6.45) is 3.78. The standard InChI is InChI=1S/C17H30N4S/c1-3-18-17(19-9-8-16-7-5-13-22-16)20-10-12-21-11-4-6-15(2)14-21/h5,7,13,15H,3-4,6,8-12,14H2,1-2H3,(H2,18,19,20). The van der Waals surface area contributed by atoms with Gasteiger partial charge in [0.25, 0.3) is 0 Å². The van der Waals surface area contributed by atoms with Crippen molar-refractivity contribution in [1.29, 1.82) is 0 Å². The van der Waals surface area contributed by atoms with Gasteiger partial charge in [0, 0.05) is 31.1 Å². The average Bonchev–Trinajstić information content (AvgIpc) is 3.01. The van der Waals surface area contributed by atoms with E-state index >= 15 is 0 Å². The number of aliphatic imine (C=N–C) groups is 1. The molecule has 2 N–H and O–H groups in total. The number of piperidine rings is 1. The molecule has 0 bridgehead atoms. The third kappa shape index (κ3) is 6.36. The Morgan fingerprint density at radius 3 is 3.09 bits per heavy atom. The Labute approximate surface area is 139 Å². The lowest BCUT2D eigenvalue weighted by molar-refractivity contribution is 0.189. The molecule has 0 amide bonds. The number of nitrogens with one attached hydrogen (secondary N) is 2. The van der Waals surface area contributed by atoms with E-state index in [0.29, 0.717) is 0 Å².